The molecule has 4 aliphatic rings. The minimum Gasteiger partial charge on any atom is -0.0502 e. The molecule has 6 atom stereocenters. The quantitative estimate of drug-likeness (QED) is 0.633. The van der Waals surface area contributed by atoms with Crippen LogP contribution in [0.1, 0.15) is 64.2 Å². The Labute approximate surface area is 100 Å². The summed E-state index contributed by atoms with van der Waals surface area (Å²) < 4.78 is 0. The third kappa shape index (κ3) is 1.56. The van der Waals surface area contributed by atoms with Gasteiger partial charge in [-0.15, -0.1) is 0 Å². The van der Waals surface area contributed by atoms with E-state index in [1.54, 1.807) is 64.2 Å². The lowest BCUT2D eigenvalue weighted by atomic mass is 9.72. The molecule has 4 fully saturated rings. The summed E-state index contributed by atoms with van der Waals surface area (Å²) in [7, 11) is 0. The smallest absolute Gasteiger partial charge is 0.0380 e. The van der Waals surface area contributed by atoms with Crippen molar-refractivity contribution in [2.75, 3.05) is 0 Å². The van der Waals surface area contributed by atoms with Crippen LogP contribution in [0, 0.1) is 35.5 Å². The molecular formula is C16H26. The van der Waals surface area contributed by atoms with Crippen LogP contribution in [0.25, 0.3) is 0 Å². The monoisotopic (exact) mass is 218 g/mol. The highest BCUT2D eigenvalue weighted by atomic mass is 14.5. The summed E-state index contributed by atoms with van der Waals surface area (Å²) in [5.74, 6) is 6.97. The maximum atomic E-state index is 1.64. The van der Waals surface area contributed by atoms with Crippen LogP contribution < -0.4 is 0 Å². The van der Waals surface area contributed by atoms with Gasteiger partial charge in [-0.25, -0.2) is 0 Å². The molecule has 4 saturated carbocycles. The molecule has 0 saturated heterocycles. The van der Waals surface area contributed by atoms with Crippen molar-refractivity contribution in [1.82, 2.24) is 0 Å². The van der Waals surface area contributed by atoms with Gasteiger partial charge in [-0.1, -0.05) is 19.3 Å². The SMILES string of the molecule is C1CC2CC1CCC2CC1CC2CCC1C2. The second-order valence-corrected chi connectivity index (χ2v) is 7.45. The molecule has 4 rings (SSSR count). The molecule has 0 aromatic carbocycles. The first-order chi connectivity index (χ1) is 7.88. The lowest BCUT2D eigenvalue weighted by molar-refractivity contribution is 0.176. The summed E-state index contributed by atoms with van der Waals surface area (Å²) in [6.45, 7) is 0. The largest absolute Gasteiger partial charge is 0.0502 e. The average molecular weight is 218 g/mol. The normalized spacial score (nSPS) is 54.8. The average Bonchev–Trinajstić information content (AvgIpc) is 2.98. The van der Waals surface area contributed by atoms with Crippen LogP contribution in [-0.2, 0) is 0 Å². The van der Waals surface area contributed by atoms with Crippen LogP contribution in [0.5, 0.6) is 0 Å². The molecule has 0 spiro atoms. The van der Waals surface area contributed by atoms with Gasteiger partial charge in [-0.2, -0.15) is 0 Å². The third-order valence-electron chi connectivity index (χ3n) is 6.68. The molecule has 16 heavy (non-hydrogen) atoms. The highest BCUT2D eigenvalue weighted by Crippen LogP contribution is 2.54. The fraction of sp³-hybridized carbons (Fsp3) is 1.00. The van der Waals surface area contributed by atoms with Crippen LogP contribution in [0.3, 0.4) is 0 Å². The van der Waals surface area contributed by atoms with Crippen molar-refractivity contribution in [2.24, 2.45) is 35.5 Å². The van der Waals surface area contributed by atoms with Gasteiger partial charge in [-0.3, -0.25) is 0 Å². The maximum Gasteiger partial charge on any atom is -0.0380 e. The van der Waals surface area contributed by atoms with Gasteiger partial charge in [-0.05, 0) is 80.5 Å². The van der Waals surface area contributed by atoms with Crippen LogP contribution in [-0.4, -0.2) is 0 Å². The predicted molar refractivity (Wildman–Crippen MR) is 67.1 cm³/mol. The van der Waals surface area contributed by atoms with Gasteiger partial charge in [0, 0.05) is 0 Å². The van der Waals surface area contributed by atoms with Gasteiger partial charge < -0.3 is 0 Å². The fourth-order valence-electron chi connectivity index (χ4n) is 5.85. The Morgan fingerprint density at radius 1 is 0.562 bits per heavy atom. The number of fused-ring (bicyclic) bond motifs is 4. The van der Waals surface area contributed by atoms with Gasteiger partial charge in [0.05, 0.1) is 0 Å². The van der Waals surface area contributed by atoms with Gasteiger partial charge in [0.15, 0.2) is 0 Å². The van der Waals surface area contributed by atoms with Crippen molar-refractivity contribution in [3.8, 4) is 0 Å². The third-order valence-corrected chi connectivity index (χ3v) is 6.68. The predicted octanol–water partition coefficient (Wildman–Crippen LogP) is 4.64. The minimum atomic E-state index is 1.15. The summed E-state index contributed by atoms with van der Waals surface area (Å²) in [5.41, 5.74) is 0. The minimum absolute atomic E-state index is 1.15. The summed E-state index contributed by atoms with van der Waals surface area (Å²) in [6, 6.07) is 0. The Hall–Kier alpha value is 0. The van der Waals surface area contributed by atoms with Crippen molar-refractivity contribution in [3.63, 3.8) is 0 Å². The summed E-state index contributed by atoms with van der Waals surface area (Å²) >= 11 is 0. The lowest BCUT2D eigenvalue weighted by Gasteiger charge is -2.33. The van der Waals surface area contributed by atoms with Crippen LogP contribution in [0.2, 0.25) is 0 Å². The Kier molecular flexibility index (Phi) is 2.34. The lowest BCUT2D eigenvalue weighted by Crippen LogP contribution is -2.23. The maximum absolute atomic E-state index is 1.64. The van der Waals surface area contributed by atoms with E-state index in [9.17, 15) is 0 Å². The van der Waals surface area contributed by atoms with Crippen LogP contribution in [0.4, 0.5) is 0 Å². The molecule has 0 heterocycles. The van der Waals surface area contributed by atoms with Gasteiger partial charge >= 0.3 is 0 Å². The summed E-state index contributed by atoms with van der Waals surface area (Å²) in [5, 5.41) is 0. The number of hydrogen-bond donors (Lipinski definition) is 0. The standard InChI is InChI=1S/C16H26/c1-4-13-7-11(1)2-5-15(13)10-16-9-12-3-6-14(16)8-12/h11-16H,1-10H2. The molecule has 6 unspecified atom stereocenters. The Bertz CT molecular complexity index is 269. The molecule has 0 aliphatic heterocycles. The highest BCUT2D eigenvalue weighted by Gasteiger charge is 2.43. The number of rotatable bonds is 2. The van der Waals surface area contributed by atoms with Crippen molar-refractivity contribution in [3.05, 3.63) is 0 Å². The Morgan fingerprint density at radius 2 is 1.25 bits per heavy atom. The van der Waals surface area contributed by atoms with Crippen molar-refractivity contribution in [2.45, 2.75) is 64.2 Å². The summed E-state index contributed by atoms with van der Waals surface area (Å²) in [6.07, 6.45) is 16.0. The van der Waals surface area contributed by atoms with E-state index in [0.29, 0.717) is 0 Å². The van der Waals surface area contributed by atoms with Crippen LogP contribution >= 0.6 is 0 Å². The molecule has 0 aromatic rings. The van der Waals surface area contributed by atoms with E-state index in [4.69, 9.17) is 0 Å². The Balaban J connectivity index is 1.40. The van der Waals surface area contributed by atoms with E-state index in [-0.39, 0.29) is 0 Å². The molecule has 0 heteroatoms. The molecule has 90 valence electrons. The van der Waals surface area contributed by atoms with E-state index in [0.717, 1.165) is 23.7 Å². The summed E-state index contributed by atoms with van der Waals surface area (Å²) in [4.78, 5) is 0. The first kappa shape index (κ1) is 9.97. The first-order valence-corrected chi connectivity index (χ1v) is 7.88. The zero-order chi connectivity index (χ0) is 10.5. The van der Waals surface area contributed by atoms with E-state index in [2.05, 4.69) is 0 Å². The molecule has 0 aromatic heterocycles. The number of hydrogen-bond acceptors (Lipinski definition) is 0. The van der Waals surface area contributed by atoms with Gasteiger partial charge in [0.1, 0.15) is 0 Å². The molecular weight excluding hydrogens is 192 g/mol. The van der Waals surface area contributed by atoms with E-state index < -0.39 is 0 Å². The second-order valence-electron chi connectivity index (χ2n) is 7.45. The topological polar surface area (TPSA) is 0 Å². The van der Waals surface area contributed by atoms with Crippen molar-refractivity contribution < 1.29 is 0 Å². The van der Waals surface area contributed by atoms with E-state index in [1.807, 2.05) is 0 Å². The molecule has 0 radical (unpaired) electrons. The molecule has 0 amide bonds. The Morgan fingerprint density at radius 3 is 2.00 bits per heavy atom. The van der Waals surface area contributed by atoms with E-state index in [1.165, 1.54) is 11.8 Å². The van der Waals surface area contributed by atoms with Gasteiger partial charge in [0.2, 0.25) is 0 Å². The van der Waals surface area contributed by atoms with Crippen LogP contribution in [0.15, 0.2) is 0 Å². The van der Waals surface area contributed by atoms with Crippen molar-refractivity contribution in [1.29, 1.82) is 0 Å². The first-order valence-electron chi connectivity index (χ1n) is 7.88. The molecule has 0 nitrogen and oxygen atoms in total. The van der Waals surface area contributed by atoms with E-state index >= 15 is 0 Å². The second kappa shape index (κ2) is 3.75. The van der Waals surface area contributed by atoms with Crippen molar-refractivity contribution >= 4 is 0 Å². The van der Waals surface area contributed by atoms with Gasteiger partial charge in [0.25, 0.3) is 0 Å². The molecule has 4 aliphatic carbocycles. The zero-order valence-electron chi connectivity index (χ0n) is 10.5. The molecule has 0 N–H and O–H groups in total. The fourth-order valence-corrected chi connectivity index (χ4v) is 5.85. The zero-order valence-corrected chi connectivity index (χ0v) is 10.5. The molecule has 4 bridgehead atoms. The highest BCUT2D eigenvalue weighted by molar-refractivity contribution is 4.94.